The highest BCUT2D eigenvalue weighted by molar-refractivity contribution is 4.59. The molecule has 0 aliphatic heterocycles. The van der Waals surface area contributed by atoms with Crippen LogP contribution in [0.1, 0.15) is 33.1 Å². The molecule has 0 spiro atoms. The van der Waals surface area contributed by atoms with Crippen molar-refractivity contribution in [2.45, 2.75) is 39.2 Å². The molecule has 0 fully saturated rings. The van der Waals surface area contributed by atoms with Gasteiger partial charge in [-0.3, -0.25) is 0 Å². The van der Waals surface area contributed by atoms with Crippen LogP contribution in [0.3, 0.4) is 0 Å². The fourth-order valence-corrected chi connectivity index (χ4v) is 0.877. The highest BCUT2D eigenvalue weighted by Gasteiger charge is 2.00. The van der Waals surface area contributed by atoms with E-state index >= 15 is 0 Å². The zero-order chi connectivity index (χ0) is 8.53. The Balaban J connectivity index is 3.07. The second kappa shape index (κ2) is 8.02. The molecule has 0 aliphatic rings. The van der Waals surface area contributed by atoms with Crippen LogP contribution in [0.5, 0.6) is 0 Å². The highest BCUT2D eigenvalue weighted by Crippen LogP contribution is 1.93. The second-order valence-electron chi connectivity index (χ2n) is 2.82. The first-order chi connectivity index (χ1) is 5.35. The maximum atomic E-state index is 5.46. The van der Waals surface area contributed by atoms with Crippen molar-refractivity contribution in [1.82, 2.24) is 5.32 Å². The molecule has 0 rings (SSSR count). The van der Waals surface area contributed by atoms with E-state index < -0.39 is 0 Å². The summed E-state index contributed by atoms with van der Waals surface area (Å²) in [6, 6.07) is 0.534. The minimum absolute atomic E-state index is 0.534. The van der Waals surface area contributed by atoms with Gasteiger partial charge in [-0.25, -0.2) is 0 Å². The third-order valence-electron chi connectivity index (χ3n) is 1.86. The van der Waals surface area contributed by atoms with Gasteiger partial charge in [0.1, 0.15) is 0 Å². The summed E-state index contributed by atoms with van der Waals surface area (Å²) in [6.45, 7) is 6.12. The smallest absolute Gasteiger partial charge is 0.0619 e. The van der Waals surface area contributed by atoms with Gasteiger partial charge in [-0.2, -0.15) is 0 Å². The Hall–Kier alpha value is -0.0800. The van der Waals surface area contributed by atoms with Crippen molar-refractivity contribution in [2.24, 2.45) is 0 Å². The highest BCUT2D eigenvalue weighted by atomic mass is 16.5. The molecule has 0 aromatic heterocycles. The molecule has 2 heteroatoms. The summed E-state index contributed by atoms with van der Waals surface area (Å²) in [5.74, 6) is 0. The first-order valence-electron chi connectivity index (χ1n) is 4.60. The quantitative estimate of drug-likeness (QED) is 0.572. The van der Waals surface area contributed by atoms with Gasteiger partial charge in [0.2, 0.25) is 0 Å². The van der Waals surface area contributed by atoms with Crippen LogP contribution in [0.4, 0.5) is 0 Å². The molecule has 0 bridgehead atoms. The van der Waals surface area contributed by atoms with Gasteiger partial charge in [-0.15, -0.1) is 0 Å². The van der Waals surface area contributed by atoms with Crippen LogP contribution < -0.4 is 5.32 Å². The third-order valence-corrected chi connectivity index (χ3v) is 1.86. The number of unbranched alkanes of at least 4 members (excludes halogenated alkanes) is 1. The lowest BCUT2D eigenvalue weighted by Crippen LogP contribution is -2.29. The summed E-state index contributed by atoms with van der Waals surface area (Å²) in [6.07, 6.45) is 3.54. The Bertz CT molecular complexity index is 72.0. The van der Waals surface area contributed by atoms with E-state index in [1.807, 2.05) is 7.05 Å². The normalized spacial score (nSPS) is 13.4. The van der Waals surface area contributed by atoms with Gasteiger partial charge in [0, 0.05) is 12.6 Å². The van der Waals surface area contributed by atoms with Crippen LogP contribution in [-0.2, 0) is 4.74 Å². The molecule has 0 heterocycles. The Morgan fingerprint density at radius 3 is 2.55 bits per heavy atom. The molecular formula is C9H21NO. The molecule has 11 heavy (non-hydrogen) atoms. The predicted molar refractivity (Wildman–Crippen MR) is 48.9 cm³/mol. The predicted octanol–water partition coefficient (Wildman–Crippen LogP) is 1.80. The standard InChI is InChI=1S/C9H21NO/c1-4-6-7-11-8-9(5-2)10-3/h9-10H,4-8H2,1-3H3. The molecular weight excluding hydrogens is 138 g/mol. The number of likely N-dealkylation sites (N-methyl/N-ethyl adjacent to an activating group) is 1. The second-order valence-corrected chi connectivity index (χ2v) is 2.82. The van der Waals surface area contributed by atoms with E-state index in [0.29, 0.717) is 6.04 Å². The third kappa shape index (κ3) is 6.32. The molecule has 2 nitrogen and oxygen atoms in total. The van der Waals surface area contributed by atoms with Gasteiger partial charge in [0.15, 0.2) is 0 Å². The molecule has 0 aromatic rings. The van der Waals surface area contributed by atoms with Gasteiger partial charge >= 0.3 is 0 Å². The van der Waals surface area contributed by atoms with E-state index in [4.69, 9.17) is 4.74 Å². The SMILES string of the molecule is CCCCOCC(CC)NC. The first-order valence-corrected chi connectivity index (χ1v) is 4.60. The number of nitrogens with one attached hydrogen (secondary N) is 1. The van der Waals surface area contributed by atoms with Crippen LogP contribution in [0.15, 0.2) is 0 Å². The van der Waals surface area contributed by atoms with Crippen molar-refractivity contribution in [3.05, 3.63) is 0 Å². The molecule has 0 aliphatic carbocycles. The fourth-order valence-electron chi connectivity index (χ4n) is 0.877. The molecule has 0 saturated heterocycles. The monoisotopic (exact) mass is 159 g/mol. The summed E-state index contributed by atoms with van der Waals surface area (Å²) in [7, 11) is 1.98. The average Bonchev–Trinajstić information content (AvgIpc) is 2.05. The van der Waals surface area contributed by atoms with Crippen LogP contribution in [0, 0.1) is 0 Å². The minimum atomic E-state index is 0.534. The van der Waals surface area contributed by atoms with E-state index in [2.05, 4.69) is 19.2 Å². The molecule has 0 amide bonds. The molecule has 1 N–H and O–H groups in total. The zero-order valence-electron chi connectivity index (χ0n) is 8.02. The van der Waals surface area contributed by atoms with Crippen LogP contribution in [-0.4, -0.2) is 26.3 Å². The van der Waals surface area contributed by atoms with E-state index in [1.54, 1.807) is 0 Å². The largest absolute Gasteiger partial charge is 0.380 e. The van der Waals surface area contributed by atoms with Crippen LogP contribution in [0.2, 0.25) is 0 Å². The Morgan fingerprint density at radius 1 is 1.36 bits per heavy atom. The van der Waals surface area contributed by atoms with E-state index in [9.17, 15) is 0 Å². The molecule has 68 valence electrons. The summed E-state index contributed by atoms with van der Waals surface area (Å²) < 4.78 is 5.46. The maximum absolute atomic E-state index is 5.46. The van der Waals surface area contributed by atoms with Crippen molar-refractivity contribution in [3.8, 4) is 0 Å². The maximum Gasteiger partial charge on any atom is 0.0619 e. The van der Waals surface area contributed by atoms with Crippen molar-refractivity contribution in [3.63, 3.8) is 0 Å². The lowest BCUT2D eigenvalue weighted by molar-refractivity contribution is 0.110. The van der Waals surface area contributed by atoms with Gasteiger partial charge < -0.3 is 10.1 Å². The van der Waals surface area contributed by atoms with Crippen molar-refractivity contribution < 1.29 is 4.74 Å². The van der Waals surface area contributed by atoms with Crippen molar-refractivity contribution in [1.29, 1.82) is 0 Å². The van der Waals surface area contributed by atoms with Gasteiger partial charge in [-0.05, 0) is 19.9 Å². The number of rotatable bonds is 7. The van der Waals surface area contributed by atoms with E-state index in [1.165, 1.54) is 12.8 Å². The zero-order valence-corrected chi connectivity index (χ0v) is 8.02. The molecule has 1 unspecified atom stereocenters. The van der Waals surface area contributed by atoms with Crippen molar-refractivity contribution in [2.75, 3.05) is 20.3 Å². The molecule has 1 atom stereocenters. The first kappa shape index (κ1) is 10.9. The van der Waals surface area contributed by atoms with Crippen LogP contribution in [0.25, 0.3) is 0 Å². The van der Waals surface area contributed by atoms with E-state index in [-0.39, 0.29) is 0 Å². The molecule has 0 aromatic carbocycles. The summed E-state index contributed by atoms with van der Waals surface area (Å²) >= 11 is 0. The Labute approximate surface area is 70.3 Å². The van der Waals surface area contributed by atoms with Crippen molar-refractivity contribution >= 4 is 0 Å². The summed E-state index contributed by atoms with van der Waals surface area (Å²) in [4.78, 5) is 0. The number of ether oxygens (including phenoxy) is 1. The fraction of sp³-hybridized carbons (Fsp3) is 1.00. The topological polar surface area (TPSA) is 21.3 Å². The minimum Gasteiger partial charge on any atom is -0.380 e. The molecule has 0 radical (unpaired) electrons. The van der Waals surface area contributed by atoms with Crippen LogP contribution >= 0.6 is 0 Å². The number of hydrogen-bond donors (Lipinski definition) is 1. The average molecular weight is 159 g/mol. The van der Waals surface area contributed by atoms with E-state index in [0.717, 1.165) is 19.6 Å². The summed E-state index contributed by atoms with van der Waals surface area (Å²) in [5.41, 5.74) is 0. The number of hydrogen-bond acceptors (Lipinski definition) is 2. The Morgan fingerprint density at radius 2 is 2.09 bits per heavy atom. The van der Waals surface area contributed by atoms with Gasteiger partial charge in [0.25, 0.3) is 0 Å². The molecule has 0 saturated carbocycles. The lowest BCUT2D eigenvalue weighted by Gasteiger charge is -2.13. The summed E-state index contributed by atoms with van der Waals surface area (Å²) in [5, 5.41) is 3.20. The lowest BCUT2D eigenvalue weighted by atomic mass is 10.2. The van der Waals surface area contributed by atoms with Gasteiger partial charge in [0.05, 0.1) is 6.61 Å². The Kier molecular flexibility index (Phi) is 7.96. The van der Waals surface area contributed by atoms with Gasteiger partial charge in [-0.1, -0.05) is 20.3 Å².